The first-order valence-corrected chi connectivity index (χ1v) is 16.2. The molecule has 1 saturated heterocycles. The van der Waals surface area contributed by atoms with Crippen LogP contribution in [0, 0.1) is 0 Å². The fourth-order valence-electron chi connectivity index (χ4n) is 4.88. The van der Waals surface area contributed by atoms with Crippen LogP contribution in [0.2, 0.25) is 0 Å². The highest BCUT2D eigenvalue weighted by Gasteiger charge is 2.32. The van der Waals surface area contributed by atoms with Crippen molar-refractivity contribution in [1.29, 1.82) is 0 Å². The van der Waals surface area contributed by atoms with Crippen LogP contribution in [0.5, 0.6) is 0 Å². The molecule has 1 heterocycles. The zero-order valence-electron chi connectivity index (χ0n) is 23.9. The molecule has 0 bridgehead atoms. The molecule has 7 nitrogen and oxygen atoms in total. The van der Waals surface area contributed by atoms with Gasteiger partial charge in [0.2, 0.25) is 0 Å². The van der Waals surface area contributed by atoms with Crippen LogP contribution in [0.4, 0.5) is 0 Å². The first kappa shape index (κ1) is 33.3. The molecule has 1 amide bonds. The Morgan fingerprint density at radius 3 is 2.18 bits per heavy atom. The number of aromatic carboxylic acids is 1. The van der Waals surface area contributed by atoms with E-state index >= 15 is 0 Å². The maximum absolute atomic E-state index is 11.9. The number of halogens is 3. The van der Waals surface area contributed by atoms with E-state index in [-0.39, 0.29) is 30.9 Å². The second-order valence-electron chi connectivity index (χ2n) is 10.5. The molecule has 0 saturated carbocycles. The Morgan fingerprint density at radius 2 is 1.53 bits per heavy atom. The summed E-state index contributed by atoms with van der Waals surface area (Å²) in [6, 6.07) is 30.2. The number of nitrogens with one attached hydrogen (secondary N) is 1. The van der Waals surface area contributed by atoms with Gasteiger partial charge < -0.3 is 25.0 Å². The Hall–Kier alpha value is -3.08. The number of carboxylic acids is 1. The number of hydrogen-bond acceptors (Lipinski definition) is 6. The van der Waals surface area contributed by atoms with Crippen LogP contribution in [-0.2, 0) is 27.4 Å². The lowest BCUT2D eigenvalue weighted by atomic mass is 9.99. The van der Waals surface area contributed by atoms with Gasteiger partial charge in [-0.1, -0.05) is 102 Å². The van der Waals surface area contributed by atoms with E-state index in [1.54, 1.807) is 36.0 Å². The molecule has 1 aliphatic heterocycles. The van der Waals surface area contributed by atoms with E-state index in [4.69, 9.17) is 44.3 Å². The third kappa shape index (κ3) is 9.01. The van der Waals surface area contributed by atoms with Crippen LogP contribution in [0.1, 0.15) is 51.4 Å². The van der Waals surface area contributed by atoms with Gasteiger partial charge in [0.15, 0.2) is 6.29 Å². The third-order valence-corrected chi connectivity index (χ3v) is 8.96. The van der Waals surface area contributed by atoms with Crippen molar-refractivity contribution in [2.45, 2.75) is 46.8 Å². The number of rotatable bonds is 10. The summed E-state index contributed by atoms with van der Waals surface area (Å²) in [5.74, 6) is -0.997. The van der Waals surface area contributed by atoms with Crippen LogP contribution in [0.3, 0.4) is 0 Å². The molecular weight excluding hydrogens is 657 g/mol. The molecule has 4 aromatic carbocycles. The molecule has 5 rings (SSSR count). The van der Waals surface area contributed by atoms with Gasteiger partial charge >= 0.3 is 5.97 Å². The highest BCUT2D eigenvalue weighted by Crippen LogP contribution is 2.40. The molecule has 11 heteroatoms. The number of benzene rings is 4. The Kier molecular flexibility index (Phi) is 11.1. The summed E-state index contributed by atoms with van der Waals surface area (Å²) in [4.78, 5) is 24.1. The number of carbonyl (C=O) groups is 2. The summed E-state index contributed by atoms with van der Waals surface area (Å²) >= 11 is 18.6. The number of thioether (sulfide) groups is 1. The van der Waals surface area contributed by atoms with Gasteiger partial charge in [0.1, 0.15) is 0 Å². The van der Waals surface area contributed by atoms with Crippen LogP contribution in [0.25, 0.3) is 11.1 Å². The van der Waals surface area contributed by atoms with Gasteiger partial charge in [-0.2, -0.15) is 0 Å². The molecule has 3 unspecified atom stereocenters. The second-order valence-corrected chi connectivity index (χ2v) is 13.9. The molecule has 4 aromatic rings. The lowest BCUT2D eigenvalue weighted by Gasteiger charge is -2.36. The number of amides is 1. The first-order valence-electron chi connectivity index (χ1n) is 14.1. The third-order valence-electron chi connectivity index (χ3n) is 7.31. The predicted octanol–water partition coefficient (Wildman–Crippen LogP) is 7.87. The topological polar surface area (TPSA) is 105 Å². The number of alkyl halides is 3. The maximum atomic E-state index is 11.9. The summed E-state index contributed by atoms with van der Waals surface area (Å²) in [7, 11) is 0. The number of hydrogen-bond donors (Lipinski definition) is 3. The Bertz CT molecular complexity index is 1610. The molecule has 0 aliphatic carbocycles. The Morgan fingerprint density at radius 1 is 0.844 bits per heavy atom. The van der Waals surface area contributed by atoms with Crippen molar-refractivity contribution in [3.8, 4) is 11.1 Å². The van der Waals surface area contributed by atoms with E-state index in [0.29, 0.717) is 12.2 Å². The second kappa shape index (κ2) is 15.0. The summed E-state index contributed by atoms with van der Waals surface area (Å²) < 4.78 is 10.9. The van der Waals surface area contributed by atoms with Gasteiger partial charge in [0, 0.05) is 29.2 Å². The molecule has 0 aromatic heterocycles. The first-order chi connectivity index (χ1) is 21.6. The van der Waals surface area contributed by atoms with Crippen LogP contribution in [-0.4, -0.2) is 37.7 Å². The van der Waals surface area contributed by atoms with E-state index in [1.165, 1.54) is 0 Å². The van der Waals surface area contributed by atoms with E-state index in [1.807, 2.05) is 72.8 Å². The van der Waals surface area contributed by atoms with Gasteiger partial charge in [0.25, 0.3) is 9.70 Å². The lowest BCUT2D eigenvalue weighted by molar-refractivity contribution is -0.245. The average Bonchev–Trinajstić information content (AvgIpc) is 3.06. The normalized spacial score (nSPS) is 18.4. The van der Waals surface area contributed by atoms with Gasteiger partial charge in [-0.05, 0) is 58.1 Å². The Labute approximate surface area is 280 Å². The van der Waals surface area contributed by atoms with Crippen molar-refractivity contribution in [2.24, 2.45) is 0 Å². The van der Waals surface area contributed by atoms with Gasteiger partial charge in [-0.15, -0.1) is 11.8 Å². The van der Waals surface area contributed by atoms with Gasteiger partial charge in [0.05, 0.1) is 24.4 Å². The zero-order valence-corrected chi connectivity index (χ0v) is 27.0. The minimum atomic E-state index is -2.02. The lowest BCUT2D eigenvalue weighted by Crippen LogP contribution is -2.33. The van der Waals surface area contributed by atoms with E-state index in [9.17, 15) is 19.8 Å². The summed E-state index contributed by atoms with van der Waals surface area (Å²) in [5.41, 5.74) is 5.71. The molecule has 1 fully saturated rings. The van der Waals surface area contributed by atoms with Crippen molar-refractivity contribution in [3.05, 3.63) is 125 Å². The number of ether oxygens (including phenoxy) is 2. The van der Waals surface area contributed by atoms with Crippen molar-refractivity contribution in [3.63, 3.8) is 0 Å². The van der Waals surface area contributed by atoms with Gasteiger partial charge in [-0.3, -0.25) is 4.79 Å². The minimum absolute atomic E-state index is 0.0314. The molecule has 45 heavy (non-hydrogen) atoms. The monoisotopic (exact) mass is 685 g/mol. The fourth-order valence-corrected chi connectivity index (χ4v) is 6.00. The molecule has 1 aliphatic rings. The van der Waals surface area contributed by atoms with Crippen LogP contribution >= 0.6 is 46.6 Å². The maximum Gasteiger partial charge on any atom is 0.335 e. The molecule has 0 spiro atoms. The smallest absolute Gasteiger partial charge is 0.335 e. The van der Waals surface area contributed by atoms with E-state index in [0.717, 1.165) is 38.3 Å². The molecular formula is C34H30Cl3NO6S. The Balaban J connectivity index is 1.31. The standard InChI is InChI=1S/C34H30Cl3NO6S/c35-34(36,37)33(42)38-18-22-2-1-3-27(16-22)23-8-10-26(11-9-23)32-43-28(20-45-29-14-12-25(13-15-29)31(40)41)17-30(44-32)24-6-4-21(19-39)5-7-24/h1-16,28,30,32,39H,17-20H2,(H,38,42)(H,40,41). The SMILES string of the molecule is O=C(O)c1ccc(SCC2CC(c3ccc(CO)cc3)OC(c3ccc(-c4cccc(CNC(=O)C(Cl)(Cl)Cl)c4)cc3)O2)cc1. The highest BCUT2D eigenvalue weighted by atomic mass is 35.6. The number of aliphatic hydroxyl groups is 1. The molecule has 3 atom stereocenters. The average molecular weight is 687 g/mol. The highest BCUT2D eigenvalue weighted by molar-refractivity contribution is 7.99. The molecule has 3 N–H and O–H groups in total. The molecule has 0 radical (unpaired) electrons. The number of carboxylic acid groups (broad SMARTS) is 1. The van der Waals surface area contributed by atoms with Crippen LogP contribution < -0.4 is 5.32 Å². The summed E-state index contributed by atoms with van der Waals surface area (Å²) in [6.07, 6.45) is -0.348. The number of aliphatic hydroxyl groups excluding tert-OH is 1. The van der Waals surface area contributed by atoms with Crippen molar-refractivity contribution >= 4 is 58.4 Å². The quantitative estimate of drug-likeness (QED) is 0.115. The summed E-state index contributed by atoms with van der Waals surface area (Å²) in [6.45, 7) is 0.183. The van der Waals surface area contributed by atoms with Crippen molar-refractivity contribution in [1.82, 2.24) is 5.32 Å². The predicted molar refractivity (Wildman–Crippen MR) is 177 cm³/mol. The van der Waals surface area contributed by atoms with Crippen molar-refractivity contribution in [2.75, 3.05) is 5.75 Å². The van der Waals surface area contributed by atoms with Crippen molar-refractivity contribution < 1.29 is 29.3 Å². The fraction of sp³-hybridized carbons (Fsp3) is 0.235. The van der Waals surface area contributed by atoms with Gasteiger partial charge in [-0.25, -0.2) is 4.79 Å². The largest absolute Gasteiger partial charge is 0.478 e. The zero-order chi connectivity index (χ0) is 32.0. The number of carbonyl (C=O) groups excluding carboxylic acids is 1. The molecule has 234 valence electrons. The minimum Gasteiger partial charge on any atom is -0.478 e. The van der Waals surface area contributed by atoms with E-state index < -0.39 is 22.0 Å². The van der Waals surface area contributed by atoms with E-state index in [2.05, 4.69) is 5.32 Å². The summed E-state index contributed by atoms with van der Waals surface area (Å²) in [5, 5.41) is 21.3. The van der Waals surface area contributed by atoms with Crippen LogP contribution in [0.15, 0.2) is 102 Å².